The third kappa shape index (κ3) is 4.05. The number of anilines is 1. The average molecular weight is 333 g/mol. The zero-order valence-corrected chi connectivity index (χ0v) is 13.4. The van der Waals surface area contributed by atoms with Gasteiger partial charge in [0.25, 0.3) is 0 Å². The van der Waals surface area contributed by atoms with Crippen molar-refractivity contribution >= 4 is 40.5 Å². The molecule has 0 aliphatic rings. The number of aromatic amines is 1. The van der Waals surface area contributed by atoms with Gasteiger partial charge in [-0.2, -0.15) is 0 Å². The molecular weight excluding hydrogens is 317 g/mol. The second kappa shape index (κ2) is 7.21. The van der Waals surface area contributed by atoms with E-state index in [4.69, 9.17) is 34.8 Å². The Morgan fingerprint density at radius 1 is 1.25 bits per heavy atom. The van der Waals surface area contributed by atoms with Crippen molar-refractivity contribution in [2.24, 2.45) is 0 Å². The maximum atomic E-state index is 6.12. The molecule has 0 amide bonds. The van der Waals surface area contributed by atoms with Gasteiger partial charge in [-0.05, 0) is 24.6 Å². The van der Waals surface area contributed by atoms with Crippen LogP contribution >= 0.6 is 34.8 Å². The predicted molar refractivity (Wildman–Crippen MR) is 86.0 cm³/mol. The summed E-state index contributed by atoms with van der Waals surface area (Å²) in [5.41, 5.74) is 1.63. The number of hydrogen-bond acceptors (Lipinski definition) is 2. The van der Waals surface area contributed by atoms with Crippen molar-refractivity contribution < 1.29 is 0 Å². The Kier molecular flexibility index (Phi) is 5.58. The van der Waals surface area contributed by atoms with Crippen LogP contribution in [-0.4, -0.2) is 9.97 Å². The Labute approximate surface area is 133 Å². The number of H-pyrrole nitrogens is 1. The SMILES string of the molecule is CCCCc1nc(Cl)c(CNc2cc(Cl)ccc2Cl)[nH]1. The number of nitrogens with one attached hydrogen (secondary N) is 2. The molecule has 0 aliphatic heterocycles. The van der Waals surface area contributed by atoms with Gasteiger partial charge in [0.1, 0.15) is 5.82 Å². The monoisotopic (exact) mass is 331 g/mol. The summed E-state index contributed by atoms with van der Waals surface area (Å²) in [4.78, 5) is 7.55. The van der Waals surface area contributed by atoms with E-state index in [0.717, 1.165) is 36.5 Å². The van der Waals surface area contributed by atoms with Crippen molar-refractivity contribution in [3.63, 3.8) is 0 Å². The Morgan fingerprint density at radius 2 is 2.05 bits per heavy atom. The largest absolute Gasteiger partial charge is 0.378 e. The summed E-state index contributed by atoms with van der Waals surface area (Å²) in [5.74, 6) is 0.922. The Bertz CT molecular complexity index is 581. The van der Waals surface area contributed by atoms with Gasteiger partial charge in [-0.1, -0.05) is 48.1 Å². The minimum absolute atomic E-state index is 0.502. The van der Waals surface area contributed by atoms with E-state index in [0.29, 0.717) is 21.7 Å². The minimum atomic E-state index is 0.502. The second-order valence-electron chi connectivity index (χ2n) is 4.53. The highest BCUT2D eigenvalue weighted by Gasteiger charge is 2.09. The lowest BCUT2D eigenvalue weighted by molar-refractivity contribution is 0.760. The standard InChI is InChI=1S/C14H16Cl3N3/c1-2-3-4-13-19-12(14(17)20-13)8-18-11-7-9(15)5-6-10(11)16/h5-7,18H,2-4,8H2,1H3,(H,19,20). The molecule has 1 aromatic heterocycles. The fourth-order valence-electron chi connectivity index (χ4n) is 1.84. The Morgan fingerprint density at radius 3 is 2.80 bits per heavy atom. The smallest absolute Gasteiger partial charge is 0.152 e. The summed E-state index contributed by atoms with van der Waals surface area (Å²) >= 11 is 18.2. The van der Waals surface area contributed by atoms with Crippen LogP contribution in [-0.2, 0) is 13.0 Å². The van der Waals surface area contributed by atoms with Gasteiger partial charge in [0.15, 0.2) is 5.15 Å². The molecule has 0 atom stereocenters. The van der Waals surface area contributed by atoms with Gasteiger partial charge in [-0.15, -0.1) is 0 Å². The quantitative estimate of drug-likeness (QED) is 0.751. The number of aromatic nitrogens is 2. The molecule has 6 heteroatoms. The highest BCUT2D eigenvalue weighted by Crippen LogP contribution is 2.26. The van der Waals surface area contributed by atoms with Gasteiger partial charge in [0.05, 0.1) is 22.9 Å². The molecule has 1 aromatic carbocycles. The maximum Gasteiger partial charge on any atom is 0.152 e. The number of benzene rings is 1. The molecule has 0 saturated heterocycles. The molecule has 1 heterocycles. The fourth-order valence-corrected chi connectivity index (χ4v) is 2.41. The van der Waals surface area contributed by atoms with Crippen LogP contribution in [0.5, 0.6) is 0 Å². The van der Waals surface area contributed by atoms with E-state index in [9.17, 15) is 0 Å². The number of aryl methyl sites for hydroxylation is 1. The number of nitrogens with zero attached hydrogens (tertiary/aromatic N) is 1. The normalized spacial score (nSPS) is 10.8. The van der Waals surface area contributed by atoms with Gasteiger partial charge in [0.2, 0.25) is 0 Å². The first-order valence-electron chi connectivity index (χ1n) is 6.52. The van der Waals surface area contributed by atoms with Crippen LogP contribution in [0.2, 0.25) is 15.2 Å². The Balaban J connectivity index is 2.03. The number of rotatable bonds is 6. The van der Waals surface area contributed by atoms with Crippen molar-refractivity contribution in [3.8, 4) is 0 Å². The molecular formula is C14H16Cl3N3. The van der Waals surface area contributed by atoms with Crippen molar-refractivity contribution in [2.45, 2.75) is 32.7 Å². The first-order chi connectivity index (χ1) is 9.60. The van der Waals surface area contributed by atoms with Gasteiger partial charge >= 0.3 is 0 Å². The van der Waals surface area contributed by atoms with E-state index in [1.807, 2.05) is 0 Å². The summed E-state index contributed by atoms with van der Waals surface area (Å²) in [5, 5.41) is 4.97. The number of unbranched alkanes of at least 4 members (excludes halogenated alkanes) is 1. The topological polar surface area (TPSA) is 40.7 Å². The third-order valence-electron chi connectivity index (χ3n) is 2.93. The average Bonchev–Trinajstić information content (AvgIpc) is 2.78. The van der Waals surface area contributed by atoms with E-state index >= 15 is 0 Å². The van der Waals surface area contributed by atoms with Crippen molar-refractivity contribution in [1.29, 1.82) is 0 Å². The molecule has 20 heavy (non-hydrogen) atoms. The number of hydrogen-bond donors (Lipinski definition) is 2. The highest BCUT2D eigenvalue weighted by atomic mass is 35.5. The van der Waals surface area contributed by atoms with Crippen LogP contribution in [0.15, 0.2) is 18.2 Å². The summed E-state index contributed by atoms with van der Waals surface area (Å²) in [6.45, 7) is 2.67. The molecule has 3 nitrogen and oxygen atoms in total. The van der Waals surface area contributed by atoms with Crippen LogP contribution in [0.3, 0.4) is 0 Å². The highest BCUT2D eigenvalue weighted by molar-refractivity contribution is 6.35. The summed E-state index contributed by atoms with van der Waals surface area (Å²) in [7, 11) is 0. The van der Waals surface area contributed by atoms with E-state index in [1.165, 1.54) is 0 Å². The van der Waals surface area contributed by atoms with Crippen molar-refractivity contribution in [2.75, 3.05) is 5.32 Å². The summed E-state index contributed by atoms with van der Waals surface area (Å²) in [6, 6.07) is 5.29. The summed E-state index contributed by atoms with van der Waals surface area (Å²) in [6.07, 6.45) is 3.13. The van der Waals surface area contributed by atoms with Crippen LogP contribution in [0.25, 0.3) is 0 Å². The molecule has 0 bridgehead atoms. The zero-order chi connectivity index (χ0) is 14.5. The van der Waals surface area contributed by atoms with E-state index in [2.05, 4.69) is 22.2 Å². The lowest BCUT2D eigenvalue weighted by Crippen LogP contribution is -2.01. The first-order valence-corrected chi connectivity index (χ1v) is 7.65. The van der Waals surface area contributed by atoms with Gasteiger partial charge in [-0.25, -0.2) is 4.98 Å². The van der Waals surface area contributed by atoms with Gasteiger partial charge in [0, 0.05) is 11.4 Å². The molecule has 2 N–H and O–H groups in total. The molecule has 2 aromatic rings. The molecule has 0 unspecified atom stereocenters. The molecule has 0 saturated carbocycles. The third-order valence-corrected chi connectivity index (χ3v) is 3.81. The van der Waals surface area contributed by atoms with E-state index in [-0.39, 0.29) is 0 Å². The lowest BCUT2D eigenvalue weighted by atomic mass is 10.2. The number of imidazole rings is 1. The second-order valence-corrected chi connectivity index (χ2v) is 5.74. The molecule has 0 aliphatic carbocycles. The van der Waals surface area contributed by atoms with Gasteiger partial charge < -0.3 is 10.3 Å². The van der Waals surface area contributed by atoms with Crippen molar-refractivity contribution in [1.82, 2.24) is 9.97 Å². The molecule has 0 spiro atoms. The molecule has 2 rings (SSSR count). The first kappa shape index (κ1) is 15.5. The fraction of sp³-hybridized carbons (Fsp3) is 0.357. The Hall–Kier alpha value is -0.900. The van der Waals surface area contributed by atoms with Crippen LogP contribution in [0.4, 0.5) is 5.69 Å². The minimum Gasteiger partial charge on any atom is -0.378 e. The van der Waals surface area contributed by atoms with Crippen LogP contribution in [0.1, 0.15) is 31.3 Å². The van der Waals surface area contributed by atoms with Crippen LogP contribution < -0.4 is 5.32 Å². The lowest BCUT2D eigenvalue weighted by Gasteiger charge is -2.07. The summed E-state index contributed by atoms with van der Waals surface area (Å²) < 4.78 is 0. The van der Waals surface area contributed by atoms with Crippen molar-refractivity contribution in [3.05, 3.63) is 44.9 Å². The number of halogens is 3. The van der Waals surface area contributed by atoms with E-state index in [1.54, 1.807) is 18.2 Å². The molecule has 108 valence electrons. The van der Waals surface area contributed by atoms with Crippen LogP contribution in [0, 0.1) is 0 Å². The predicted octanol–water partition coefficient (Wildman–Crippen LogP) is 5.32. The van der Waals surface area contributed by atoms with E-state index < -0.39 is 0 Å². The molecule has 0 radical (unpaired) electrons. The van der Waals surface area contributed by atoms with Gasteiger partial charge in [-0.3, -0.25) is 0 Å². The molecule has 0 fully saturated rings. The maximum absolute atomic E-state index is 6.12. The zero-order valence-electron chi connectivity index (χ0n) is 11.1.